The van der Waals surface area contributed by atoms with Crippen molar-refractivity contribution in [1.29, 1.82) is 0 Å². The van der Waals surface area contributed by atoms with E-state index in [2.05, 4.69) is 15.2 Å². The highest BCUT2D eigenvalue weighted by Crippen LogP contribution is 2.39. The Morgan fingerprint density at radius 3 is 3.00 bits per heavy atom. The van der Waals surface area contributed by atoms with Crippen LogP contribution in [0.15, 0.2) is 24.3 Å². The summed E-state index contributed by atoms with van der Waals surface area (Å²) >= 11 is 0. The van der Waals surface area contributed by atoms with Crippen molar-refractivity contribution in [3.8, 4) is 5.75 Å². The number of nitrogens with one attached hydrogen (secondary N) is 1. The topological polar surface area (TPSA) is 71.1 Å². The van der Waals surface area contributed by atoms with Crippen molar-refractivity contribution in [2.45, 2.75) is 50.5 Å². The van der Waals surface area contributed by atoms with E-state index in [1.165, 1.54) is 12.8 Å². The van der Waals surface area contributed by atoms with Crippen LogP contribution in [0.4, 0.5) is 0 Å². The SMILES string of the molecule is COc1cccc(CC(=O)N2CCCCC2c2nc(C3CC3)n[nH]2)c1. The van der Waals surface area contributed by atoms with Crippen molar-refractivity contribution in [1.82, 2.24) is 20.1 Å². The molecule has 1 amide bonds. The van der Waals surface area contributed by atoms with Gasteiger partial charge in [-0.3, -0.25) is 9.89 Å². The number of likely N-dealkylation sites (tertiary alicyclic amines) is 1. The van der Waals surface area contributed by atoms with Crippen LogP contribution in [0.25, 0.3) is 0 Å². The molecule has 2 heterocycles. The Hall–Kier alpha value is -2.37. The molecule has 1 aromatic carbocycles. The number of carbonyl (C=O) groups excluding carboxylic acids is 1. The summed E-state index contributed by atoms with van der Waals surface area (Å²) in [5, 5.41) is 7.45. The number of aromatic amines is 1. The summed E-state index contributed by atoms with van der Waals surface area (Å²) in [6, 6.07) is 7.74. The largest absolute Gasteiger partial charge is 0.497 e. The molecule has 1 aliphatic carbocycles. The van der Waals surface area contributed by atoms with E-state index in [-0.39, 0.29) is 11.9 Å². The Kier molecular flexibility index (Phi) is 4.42. The maximum absolute atomic E-state index is 12.9. The Morgan fingerprint density at radius 1 is 1.32 bits per heavy atom. The lowest BCUT2D eigenvalue weighted by Crippen LogP contribution is -2.39. The van der Waals surface area contributed by atoms with Gasteiger partial charge in [0.15, 0.2) is 5.82 Å². The van der Waals surface area contributed by atoms with Crippen LogP contribution in [0.3, 0.4) is 0 Å². The summed E-state index contributed by atoms with van der Waals surface area (Å²) < 4.78 is 5.26. The average Bonchev–Trinajstić information content (AvgIpc) is 3.39. The van der Waals surface area contributed by atoms with Gasteiger partial charge in [0.05, 0.1) is 19.6 Å². The minimum atomic E-state index is 0.0202. The third-order valence-electron chi connectivity index (χ3n) is 5.09. The van der Waals surface area contributed by atoms with Crippen molar-refractivity contribution < 1.29 is 9.53 Å². The maximum atomic E-state index is 12.9. The van der Waals surface area contributed by atoms with Crippen LogP contribution >= 0.6 is 0 Å². The van der Waals surface area contributed by atoms with Gasteiger partial charge in [-0.25, -0.2) is 4.98 Å². The molecule has 2 aromatic rings. The molecule has 1 aliphatic heterocycles. The van der Waals surface area contributed by atoms with Gasteiger partial charge in [-0.05, 0) is 49.8 Å². The van der Waals surface area contributed by atoms with Crippen LogP contribution < -0.4 is 4.74 Å². The first kappa shape index (κ1) is 16.1. The predicted molar refractivity (Wildman–Crippen MR) is 93.4 cm³/mol. The Balaban J connectivity index is 1.50. The second-order valence-corrected chi connectivity index (χ2v) is 6.98. The van der Waals surface area contributed by atoms with Crippen molar-refractivity contribution >= 4 is 5.91 Å². The van der Waals surface area contributed by atoms with Crippen molar-refractivity contribution in [3.05, 3.63) is 41.5 Å². The fourth-order valence-corrected chi connectivity index (χ4v) is 3.53. The molecule has 2 fully saturated rings. The van der Waals surface area contributed by atoms with Crippen LogP contribution in [0.1, 0.15) is 61.3 Å². The number of carbonyl (C=O) groups is 1. The molecule has 4 rings (SSSR count). The lowest BCUT2D eigenvalue weighted by Gasteiger charge is -2.34. The van der Waals surface area contributed by atoms with Crippen molar-refractivity contribution in [2.75, 3.05) is 13.7 Å². The third kappa shape index (κ3) is 3.52. The van der Waals surface area contributed by atoms with Crippen molar-refractivity contribution in [3.63, 3.8) is 0 Å². The van der Waals surface area contributed by atoms with Gasteiger partial charge in [0.1, 0.15) is 11.6 Å². The number of hydrogen-bond acceptors (Lipinski definition) is 4. The van der Waals surface area contributed by atoms with E-state index in [1.807, 2.05) is 29.2 Å². The van der Waals surface area contributed by atoms with E-state index >= 15 is 0 Å². The molecule has 6 heteroatoms. The number of amides is 1. The Morgan fingerprint density at radius 2 is 2.20 bits per heavy atom. The summed E-state index contributed by atoms with van der Waals surface area (Å²) in [6.45, 7) is 0.785. The van der Waals surface area contributed by atoms with Gasteiger partial charge < -0.3 is 9.64 Å². The van der Waals surface area contributed by atoms with E-state index in [9.17, 15) is 4.79 Å². The van der Waals surface area contributed by atoms with E-state index in [4.69, 9.17) is 4.74 Å². The number of aromatic nitrogens is 3. The van der Waals surface area contributed by atoms with Crippen molar-refractivity contribution in [2.24, 2.45) is 0 Å². The molecule has 1 N–H and O–H groups in total. The molecular formula is C19H24N4O2. The van der Waals surface area contributed by atoms with Gasteiger partial charge >= 0.3 is 0 Å². The average molecular weight is 340 g/mol. The molecule has 1 aromatic heterocycles. The zero-order valence-electron chi connectivity index (χ0n) is 14.6. The lowest BCUT2D eigenvalue weighted by atomic mass is 10.00. The minimum absolute atomic E-state index is 0.0202. The lowest BCUT2D eigenvalue weighted by molar-refractivity contribution is -0.134. The Labute approximate surface area is 147 Å². The smallest absolute Gasteiger partial charge is 0.227 e. The number of rotatable bonds is 5. The molecule has 0 spiro atoms. The summed E-state index contributed by atoms with van der Waals surface area (Å²) in [6.07, 6.45) is 5.86. The second-order valence-electron chi connectivity index (χ2n) is 6.98. The number of ether oxygens (including phenoxy) is 1. The molecule has 0 bridgehead atoms. The number of methoxy groups -OCH3 is 1. The van der Waals surface area contributed by atoms with Gasteiger partial charge in [0.2, 0.25) is 5.91 Å². The highest BCUT2D eigenvalue weighted by atomic mass is 16.5. The van der Waals surface area contributed by atoms with Crippen LogP contribution in [-0.4, -0.2) is 39.6 Å². The summed E-state index contributed by atoms with van der Waals surface area (Å²) in [5.41, 5.74) is 0.977. The van der Waals surface area contributed by atoms with Gasteiger partial charge in [-0.15, -0.1) is 0 Å². The first-order valence-corrected chi connectivity index (χ1v) is 9.09. The van der Waals surface area contributed by atoms with Gasteiger partial charge in [0, 0.05) is 12.5 Å². The molecule has 6 nitrogen and oxygen atoms in total. The van der Waals surface area contributed by atoms with Crippen LogP contribution in [0, 0.1) is 0 Å². The predicted octanol–water partition coefficient (Wildman–Crippen LogP) is 2.99. The standard InChI is InChI=1S/C19H24N4O2/c1-25-15-6-4-5-13(11-15)12-17(24)23-10-3-2-7-16(23)19-20-18(21-22-19)14-8-9-14/h4-6,11,14,16H,2-3,7-10,12H2,1H3,(H,20,21,22). The maximum Gasteiger partial charge on any atom is 0.227 e. The fourth-order valence-electron chi connectivity index (χ4n) is 3.53. The van der Waals surface area contributed by atoms with Crippen LogP contribution in [0.5, 0.6) is 5.75 Å². The van der Waals surface area contributed by atoms with E-state index < -0.39 is 0 Å². The van der Waals surface area contributed by atoms with E-state index in [1.54, 1.807) is 7.11 Å². The highest BCUT2D eigenvalue weighted by molar-refractivity contribution is 5.79. The minimum Gasteiger partial charge on any atom is -0.497 e. The number of benzene rings is 1. The molecule has 0 radical (unpaired) electrons. The third-order valence-corrected chi connectivity index (χ3v) is 5.09. The first-order chi connectivity index (χ1) is 12.2. The zero-order chi connectivity index (χ0) is 17.2. The van der Waals surface area contributed by atoms with Gasteiger partial charge in [-0.1, -0.05) is 12.1 Å². The first-order valence-electron chi connectivity index (χ1n) is 9.09. The second kappa shape index (κ2) is 6.86. The highest BCUT2D eigenvalue weighted by Gasteiger charge is 2.33. The summed E-state index contributed by atoms with van der Waals surface area (Å²) in [4.78, 5) is 19.6. The number of piperidine rings is 1. The molecule has 1 saturated heterocycles. The summed E-state index contributed by atoms with van der Waals surface area (Å²) in [7, 11) is 1.64. The van der Waals surface area contributed by atoms with E-state index in [0.717, 1.165) is 48.8 Å². The monoisotopic (exact) mass is 340 g/mol. The molecule has 1 unspecified atom stereocenters. The zero-order valence-corrected chi connectivity index (χ0v) is 14.6. The molecule has 25 heavy (non-hydrogen) atoms. The van der Waals surface area contributed by atoms with Crippen LogP contribution in [0.2, 0.25) is 0 Å². The molecule has 1 saturated carbocycles. The Bertz CT molecular complexity index is 753. The van der Waals surface area contributed by atoms with Gasteiger partial charge in [-0.2, -0.15) is 5.10 Å². The molecule has 132 valence electrons. The fraction of sp³-hybridized carbons (Fsp3) is 0.526. The van der Waals surface area contributed by atoms with Crippen LogP contribution in [-0.2, 0) is 11.2 Å². The van der Waals surface area contributed by atoms with E-state index in [0.29, 0.717) is 12.3 Å². The number of hydrogen-bond donors (Lipinski definition) is 1. The number of nitrogens with zero attached hydrogens (tertiary/aromatic N) is 3. The normalized spacial score (nSPS) is 20.5. The quantitative estimate of drug-likeness (QED) is 0.908. The molecule has 1 atom stereocenters. The molecule has 2 aliphatic rings. The molecular weight excluding hydrogens is 316 g/mol. The van der Waals surface area contributed by atoms with Gasteiger partial charge in [0.25, 0.3) is 0 Å². The summed E-state index contributed by atoms with van der Waals surface area (Å²) in [5.74, 6) is 3.21. The number of H-pyrrole nitrogens is 1.